The van der Waals surface area contributed by atoms with E-state index in [0.29, 0.717) is 5.56 Å². The van der Waals surface area contributed by atoms with Crippen molar-refractivity contribution in [2.24, 2.45) is 0 Å². The molecule has 10 rings (SSSR count). The average molecular weight is 726 g/mol. The number of nitrogens with zero attached hydrogens (tertiary/aromatic N) is 3. The van der Waals surface area contributed by atoms with E-state index in [-0.39, 0.29) is 0 Å². The van der Waals surface area contributed by atoms with Crippen molar-refractivity contribution >= 4 is 0 Å². The molecule has 0 spiro atoms. The predicted molar refractivity (Wildman–Crippen MR) is 231 cm³/mol. The molecule has 0 saturated heterocycles. The lowest BCUT2D eigenvalue weighted by Gasteiger charge is -2.34. The zero-order valence-electron chi connectivity index (χ0n) is 31.0. The number of benzene rings is 7. The van der Waals surface area contributed by atoms with E-state index in [4.69, 9.17) is 9.97 Å². The summed E-state index contributed by atoms with van der Waals surface area (Å²) in [7, 11) is 0. The molecule has 3 heteroatoms. The molecular formula is C54H35N3. The first-order valence-electron chi connectivity index (χ1n) is 19.2. The quantitative estimate of drug-likeness (QED) is 0.164. The molecule has 0 aliphatic heterocycles. The van der Waals surface area contributed by atoms with Gasteiger partial charge in [-0.05, 0) is 116 Å². The van der Waals surface area contributed by atoms with Crippen molar-refractivity contribution < 1.29 is 0 Å². The Labute approximate surface area is 332 Å². The van der Waals surface area contributed by atoms with Gasteiger partial charge in [0.15, 0.2) is 0 Å². The Morgan fingerprint density at radius 3 is 1.42 bits per heavy atom. The molecule has 9 aromatic rings. The fraction of sp³-hybridized carbons (Fsp3) is 0.0185. The minimum absolute atomic E-state index is 0.641. The zero-order chi connectivity index (χ0) is 38.2. The number of hydrogen-bond acceptors (Lipinski definition) is 3. The summed E-state index contributed by atoms with van der Waals surface area (Å²) in [6.45, 7) is 0. The highest BCUT2D eigenvalue weighted by molar-refractivity contribution is 5.90. The van der Waals surface area contributed by atoms with Crippen molar-refractivity contribution in [3.63, 3.8) is 0 Å². The van der Waals surface area contributed by atoms with Gasteiger partial charge in [0, 0.05) is 22.9 Å². The van der Waals surface area contributed by atoms with Crippen LogP contribution in [0.3, 0.4) is 0 Å². The van der Waals surface area contributed by atoms with Crippen molar-refractivity contribution in [3.8, 4) is 73.2 Å². The van der Waals surface area contributed by atoms with Crippen molar-refractivity contribution in [2.45, 2.75) is 5.41 Å². The Morgan fingerprint density at radius 1 is 0.368 bits per heavy atom. The summed E-state index contributed by atoms with van der Waals surface area (Å²) in [4.78, 5) is 9.99. The molecule has 3 nitrogen and oxygen atoms in total. The highest BCUT2D eigenvalue weighted by atomic mass is 14.7. The van der Waals surface area contributed by atoms with Gasteiger partial charge < -0.3 is 0 Å². The first-order chi connectivity index (χ1) is 28.2. The summed E-state index contributed by atoms with van der Waals surface area (Å²) in [6.07, 6.45) is 1.85. The summed E-state index contributed by atoms with van der Waals surface area (Å²) in [5.74, 6) is 0. The van der Waals surface area contributed by atoms with Gasteiger partial charge in [-0.15, -0.1) is 0 Å². The summed E-state index contributed by atoms with van der Waals surface area (Å²) >= 11 is 0. The average Bonchev–Trinajstić information content (AvgIpc) is 3.59. The van der Waals surface area contributed by atoms with Gasteiger partial charge in [0.25, 0.3) is 0 Å². The van der Waals surface area contributed by atoms with E-state index in [9.17, 15) is 5.26 Å². The van der Waals surface area contributed by atoms with Crippen molar-refractivity contribution in [2.75, 3.05) is 0 Å². The number of hydrogen-bond donors (Lipinski definition) is 0. The van der Waals surface area contributed by atoms with Gasteiger partial charge in [-0.2, -0.15) is 5.26 Å². The molecule has 2 aromatic heterocycles. The van der Waals surface area contributed by atoms with E-state index in [1.807, 2.05) is 36.5 Å². The lowest BCUT2D eigenvalue weighted by molar-refractivity contribution is 0.768. The van der Waals surface area contributed by atoms with E-state index in [2.05, 4.69) is 182 Å². The van der Waals surface area contributed by atoms with Gasteiger partial charge in [0.05, 0.1) is 34.1 Å². The van der Waals surface area contributed by atoms with Crippen LogP contribution in [0.25, 0.3) is 67.2 Å². The summed E-state index contributed by atoms with van der Waals surface area (Å²) in [5, 5.41) is 10.1. The summed E-state index contributed by atoms with van der Waals surface area (Å²) in [6, 6.07) is 75.0. The Balaban J connectivity index is 1.22. The van der Waals surface area contributed by atoms with Crippen LogP contribution in [0.4, 0.5) is 0 Å². The second kappa shape index (κ2) is 14.2. The minimum Gasteiger partial charge on any atom is -0.256 e. The van der Waals surface area contributed by atoms with Gasteiger partial charge in [-0.25, -0.2) is 4.98 Å². The van der Waals surface area contributed by atoms with Gasteiger partial charge in [-0.1, -0.05) is 146 Å². The maximum absolute atomic E-state index is 10.1. The molecule has 0 radical (unpaired) electrons. The molecular weight excluding hydrogens is 691 g/mol. The maximum atomic E-state index is 10.1. The Kier molecular flexibility index (Phi) is 8.43. The smallest absolute Gasteiger partial charge is 0.0991 e. The van der Waals surface area contributed by atoms with Crippen LogP contribution in [0.2, 0.25) is 0 Å². The van der Waals surface area contributed by atoms with Crippen LogP contribution in [0.5, 0.6) is 0 Å². The van der Waals surface area contributed by atoms with E-state index in [1.54, 1.807) is 0 Å². The third kappa shape index (κ3) is 5.92. The van der Waals surface area contributed by atoms with E-state index in [1.165, 1.54) is 11.1 Å². The lowest BCUT2D eigenvalue weighted by atomic mass is 9.67. The second-order valence-electron chi connectivity index (χ2n) is 14.5. The molecule has 0 bridgehead atoms. The third-order valence-electron chi connectivity index (χ3n) is 11.2. The Morgan fingerprint density at radius 2 is 0.860 bits per heavy atom. The lowest BCUT2D eigenvalue weighted by Crippen LogP contribution is -2.28. The molecule has 266 valence electrons. The second-order valence-corrected chi connectivity index (χ2v) is 14.5. The standard InChI is InChI=1S/C54H35N3/c55-36-37-24-26-47-48-27-25-40(33-50(48)54(49(47)29-37,45-19-9-3-10-20-45)46-21-11-4-12-22-46)41-30-42(32-44(31-41)51-23-13-14-28-56-51)43-34-52(38-15-5-1-6-16-38)57-53(35-43)39-17-7-2-8-18-39/h1-35H. The molecule has 0 unspecified atom stereocenters. The highest BCUT2D eigenvalue weighted by Crippen LogP contribution is 2.57. The fourth-order valence-corrected chi connectivity index (χ4v) is 8.59. The van der Waals surface area contributed by atoms with Gasteiger partial charge in [0.1, 0.15) is 0 Å². The van der Waals surface area contributed by atoms with Gasteiger partial charge in [0.2, 0.25) is 0 Å². The zero-order valence-corrected chi connectivity index (χ0v) is 31.0. The SMILES string of the molecule is N#Cc1ccc2c(c1)C(c1ccccc1)(c1ccccc1)c1cc(-c3cc(-c4cc(-c5ccccc5)nc(-c5ccccc5)c4)cc(-c4ccccn4)c3)ccc1-2. The Hall–Kier alpha value is -7.67. The largest absolute Gasteiger partial charge is 0.256 e. The van der Waals surface area contributed by atoms with E-state index < -0.39 is 5.41 Å². The van der Waals surface area contributed by atoms with Crippen LogP contribution < -0.4 is 0 Å². The first-order valence-corrected chi connectivity index (χ1v) is 19.2. The maximum Gasteiger partial charge on any atom is 0.0991 e. The highest BCUT2D eigenvalue weighted by Gasteiger charge is 2.46. The number of pyridine rings is 2. The number of rotatable bonds is 7. The molecule has 0 saturated carbocycles. The van der Waals surface area contributed by atoms with Crippen LogP contribution >= 0.6 is 0 Å². The molecule has 57 heavy (non-hydrogen) atoms. The van der Waals surface area contributed by atoms with E-state index >= 15 is 0 Å². The van der Waals surface area contributed by atoms with Crippen molar-refractivity contribution in [1.82, 2.24) is 9.97 Å². The van der Waals surface area contributed by atoms with Gasteiger partial charge in [-0.3, -0.25) is 4.98 Å². The predicted octanol–water partition coefficient (Wildman–Crippen LogP) is 13.0. The van der Waals surface area contributed by atoms with Crippen molar-refractivity contribution in [1.29, 1.82) is 5.26 Å². The normalized spacial score (nSPS) is 12.3. The molecule has 0 N–H and O–H groups in total. The molecule has 1 aliphatic rings. The third-order valence-corrected chi connectivity index (χ3v) is 11.2. The minimum atomic E-state index is -0.641. The van der Waals surface area contributed by atoms with E-state index in [0.717, 1.165) is 78.3 Å². The molecule has 0 amide bonds. The van der Waals surface area contributed by atoms with Crippen LogP contribution in [0, 0.1) is 11.3 Å². The van der Waals surface area contributed by atoms with Crippen LogP contribution in [0.1, 0.15) is 27.8 Å². The fourth-order valence-electron chi connectivity index (χ4n) is 8.59. The number of aromatic nitrogens is 2. The molecule has 7 aromatic carbocycles. The summed E-state index contributed by atoms with van der Waals surface area (Å²) < 4.78 is 0. The van der Waals surface area contributed by atoms with Crippen LogP contribution in [-0.4, -0.2) is 9.97 Å². The number of fused-ring (bicyclic) bond motifs is 3. The molecule has 2 heterocycles. The first kappa shape index (κ1) is 33.9. The van der Waals surface area contributed by atoms with Crippen LogP contribution in [0.15, 0.2) is 212 Å². The summed E-state index contributed by atoms with van der Waals surface area (Å²) in [5.41, 5.74) is 17.2. The molecule has 0 atom stereocenters. The number of nitriles is 1. The van der Waals surface area contributed by atoms with Gasteiger partial charge >= 0.3 is 0 Å². The Bertz CT molecular complexity index is 2840. The van der Waals surface area contributed by atoms with Crippen molar-refractivity contribution in [3.05, 3.63) is 240 Å². The molecule has 1 aliphatic carbocycles. The van der Waals surface area contributed by atoms with Crippen LogP contribution in [-0.2, 0) is 5.41 Å². The molecule has 0 fully saturated rings. The topological polar surface area (TPSA) is 49.6 Å². The monoisotopic (exact) mass is 725 g/mol.